The molecule has 1 N–H and O–H groups in total. The number of methoxy groups -OCH3 is 3. The maximum Gasteiger partial charge on any atom is 0.220 e. The molecule has 1 atom stereocenters. The lowest BCUT2D eigenvalue weighted by atomic mass is 10.0. The van der Waals surface area contributed by atoms with Crippen molar-refractivity contribution < 1.29 is 23.7 Å². The Hall–Kier alpha value is -2.77. The van der Waals surface area contributed by atoms with Gasteiger partial charge in [-0.15, -0.1) is 0 Å². The van der Waals surface area contributed by atoms with Gasteiger partial charge in [-0.25, -0.2) is 0 Å². The number of hydrogen-bond donors (Lipinski definition) is 1. The fourth-order valence-electron chi connectivity index (χ4n) is 3.86. The number of amides is 1. The molecule has 1 amide bonds. The minimum Gasteiger partial charge on any atom is -0.493 e. The van der Waals surface area contributed by atoms with Crippen LogP contribution >= 0.6 is 0 Å². The van der Waals surface area contributed by atoms with E-state index in [2.05, 4.69) is 22.3 Å². The molecule has 0 aromatic heterocycles. The number of nitrogens with zero attached hydrogens (tertiary/aromatic N) is 1. The van der Waals surface area contributed by atoms with Gasteiger partial charge < -0.3 is 24.3 Å². The minimum absolute atomic E-state index is 0.0166. The summed E-state index contributed by atoms with van der Waals surface area (Å²) < 4.78 is 21.7. The summed E-state index contributed by atoms with van der Waals surface area (Å²) in [5, 5.41) is 3.12. The Morgan fingerprint density at radius 2 is 1.68 bits per heavy atom. The van der Waals surface area contributed by atoms with Gasteiger partial charge in [0.1, 0.15) is 0 Å². The molecule has 7 heteroatoms. The highest BCUT2D eigenvalue weighted by atomic mass is 16.5. The van der Waals surface area contributed by atoms with Gasteiger partial charge in [-0.2, -0.15) is 0 Å². The molecular weight excluding hydrogens is 396 g/mol. The zero-order chi connectivity index (χ0) is 22.1. The minimum atomic E-state index is 0.0166. The molecular formula is C24H32N2O5. The van der Waals surface area contributed by atoms with E-state index in [0.29, 0.717) is 36.6 Å². The van der Waals surface area contributed by atoms with E-state index in [1.807, 2.05) is 30.3 Å². The molecule has 31 heavy (non-hydrogen) atoms. The lowest BCUT2D eigenvalue weighted by molar-refractivity contribution is -0.121. The maximum absolute atomic E-state index is 12.6. The van der Waals surface area contributed by atoms with Gasteiger partial charge in [-0.1, -0.05) is 30.3 Å². The summed E-state index contributed by atoms with van der Waals surface area (Å²) in [4.78, 5) is 15.0. The molecule has 0 bridgehead atoms. The highest BCUT2D eigenvalue weighted by molar-refractivity contribution is 5.76. The van der Waals surface area contributed by atoms with Crippen LogP contribution in [0, 0.1) is 0 Å². The number of rotatable bonds is 10. The van der Waals surface area contributed by atoms with Gasteiger partial charge in [0.25, 0.3) is 0 Å². The van der Waals surface area contributed by atoms with Crippen molar-refractivity contribution in [1.29, 1.82) is 0 Å². The Morgan fingerprint density at radius 3 is 2.26 bits per heavy atom. The smallest absolute Gasteiger partial charge is 0.220 e. The van der Waals surface area contributed by atoms with Gasteiger partial charge >= 0.3 is 0 Å². The number of hydrogen-bond acceptors (Lipinski definition) is 6. The summed E-state index contributed by atoms with van der Waals surface area (Å²) in [6.07, 6.45) is 0.958. The molecule has 168 valence electrons. The van der Waals surface area contributed by atoms with Crippen LogP contribution in [0.2, 0.25) is 0 Å². The molecule has 1 aliphatic rings. The van der Waals surface area contributed by atoms with Crippen LogP contribution in [0.3, 0.4) is 0 Å². The number of aryl methyl sites for hydroxylation is 1. The van der Waals surface area contributed by atoms with Gasteiger partial charge in [-0.3, -0.25) is 9.69 Å². The third kappa shape index (κ3) is 6.12. The molecule has 1 heterocycles. The summed E-state index contributed by atoms with van der Waals surface area (Å²) in [6, 6.07) is 14.2. The van der Waals surface area contributed by atoms with Gasteiger partial charge in [0.2, 0.25) is 11.7 Å². The fraction of sp³-hybridized carbons (Fsp3) is 0.458. The number of carbonyl (C=O) groups is 1. The van der Waals surface area contributed by atoms with Crippen molar-refractivity contribution in [2.75, 3.05) is 54.2 Å². The van der Waals surface area contributed by atoms with Crippen molar-refractivity contribution in [3.05, 3.63) is 53.6 Å². The van der Waals surface area contributed by atoms with E-state index in [1.165, 1.54) is 5.56 Å². The van der Waals surface area contributed by atoms with Crippen LogP contribution in [-0.2, 0) is 16.0 Å². The van der Waals surface area contributed by atoms with E-state index in [9.17, 15) is 4.79 Å². The predicted octanol–water partition coefficient (Wildman–Crippen LogP) is 2.83. The fourth-order valence-corrected chi connectivity index (χ4v) is 3.86. The molecule has 0 unspecified atom stereocenters. The van der Waals surface area contributed by atoms with Crippen LogP contribution in [0.4, 0.5) is 0 Å². The molecule has 3 rings (SSSR count). The van der Waals surface area contributed by atoms with Crippen molar-refractivity contribution in [2.24, 2.45) is 0 Å². The first kappa shape index (κ1) is 22.9. The lowest BCUT2D eigenvalue weighted by Gasteiger charge is -2.35. The Morgan fingerprint density at radius 1 is 1.03 bits per heavy atom. The van der Waals surface area contributed by atoms with Crippen LogP contribution in [0.25, 0.3) is 0 Å². The van der Waals surface area contributed by atoms with Crippen molar-refractivity contribution in [1.82, 2.24) is 10.2 Å². The standard InChI is InChI=1S/C24H32N2O5/c1-28-21-15-18(16-22(29-2)24(21)30-3)9-10-23(27)25-17-20(19-7-5-4-6-8-19)26-11-13-31-14-12-26/h4-8,15-16,20H,9-14,17H2,1-3H3,(H,25,27)/t20-/m0/s1. The SMILES string of the molecule is COc1cc(CCC(=O)NC[C@@H](c2ccccc2)N2CCOCC2)cc(OC)c1OC. The molecule has 0 radical (unpaired) electrons. The highest BCUT2D eigenvalue weighted by Crippen LogP contribution is 2.38. The summed E-state index contributed by atoms with van der Waals surface area (Å²) >= 11 is 0. The predicted molar refractivity (Wildman–Crippen MR) is 119 cm³/mol. The third-order valence-corrected chi connectivity index (χ3v) is 5.53. The first-order chi connectivity index (χ1) is 15.2. The third-order valence-electron chi connectivity index (χ3n) is 5.53. The first-order valence-corrected chi connectivity index (χ1v) is 10.6. The maximum atomic E-state index is 12.6. The van der Waals surface area contributed by atoms with E-state index in [4.69, 9.17) is 18.9 Å². The second-order valence-electron chi connectivity index (χ2n) is 7.41. The lowest BCUT2D eigenvalue weighted by Crippen LogP contribution is -2.43. The second-order valence-corrected chi connectivity index (χ2v) is 7.41. The van der Waals surface area contributed by atoms with E-state index in [0.717, 1.165) is 31.9 Å². The van der Waals surface area contributed by atoms with Crippen molar-refractivity contribution in [3.63, 3.8) is 0 Å². The summed E-state index contributed by atoms with van der Waals surface area (Å²) in [7, 11) is 4.75. The summed E-state index contributed by atoms with van der Waals surface area (Å²) in [5.41, 5.74) is 2.16. The van der Waals surface area contributed by atoms with Gasteiger partial charge in [0.05, 0.1) is 40.6 Å². The van der Waals surface area contributed by atoms with Crippen LogP contribution in [0.15, 0.2) is 42.5 Å². The van der Waals surface area contributed by atoms with E-state index in [1.54, 1.807) is 21.3 Å². The molecule has 7 nitrogen and oxygen atoms in total. The first-order valence-electron chi connectivity index (χ1n) is 10.6. The normalized spacial score (nSPS) is 15.2. The van der Waals surface area contributed by atoms with E-state index in [-0.39, 0.29) is 11.9 Å². The summed E-state index contributed by atoms with van der Waals surface area (Å²) in [6.45, 7) is 3.73. The van der Waals surface area contributed by atoms with Gasteiger partial charge in [0.15, 0.2) is 11.5 Å². The van der Waals surface area contributed by atoms with Crippen LogP contribution in [0.1, 0.15) is 23.6 Å². The molecule has 0 aliphatic carbocycles. The molecule has 2 aromatic rings. The number of ether oxygens (including phenoxy) is 4. The molecule has 0 spiro atoms. The Labute approximate surface area is 184 Å². The van der Waals surface area contributed by atoms with Crippen LogP contribution < -0.4 is 19.5 Å². The quantitative estimate of drug-likeness (QED) is 0.628. The van der Waals surface area contributed by atoms with Crippen molar-refractivity contribution >= 4 is 5.91 Å². The number of benzene rings is 2. The Kier molecular flexibility index (Phi) is 8.55. The molecule has 0 saturated carbocycles. The van der Waals surface area contributed by atoms with Gasteiger partial charge in [0, 0.05) is 26.1 Å². The summed E-state index contributed by atoms with van der Waals surface area (Å²) in [5.74, 6) is 1.75. The molecule has 1 fully saturated rings. The highest BCUT2D eigenvalue weighted by Gasteiger charge is 2.23. The van der Waals surface area contributed by atoms with Crippen molar-refractivity contribution in [3.8, 4) is 17.2 Å². The average Bonchev–Trinajstić information content (AvgIpc) is 2.83. The average molecular weight is 429 g/mol. The second kappa shape index (κ2) is 11.6. The monoisotopic (exact) mass is 428 g/mol. The molecule has 1 aliphatic heterocycles. The van der Waals surface area contributed by atoms with E-state index >= 15 is 0 Å². The number of morpholine rings is 1. The van der Waals surface area contributed by atoms with Crippen LogP contribution in [-0.4, -0.2) is 65.0 Å². The Bertz CT molecular complexity index is 812. The Balaban J connectivity index is 1.60. The largest absolute Gasteiger partial charge is 0.493 e. The van der Waals surface area contributed by atoms with Crippen LogP contribution in [0.5, 0.6) is 17.2 Å². The van der Waals surface area contributed by atoms with Gasteiger partial charge in [-0.05, 0) is 29.7 Å². The zero-order valence-corrected chi connectivity index (χ0v) is 18.6. The van der Waals surface area contributed by atoms with E-state index < -0.39 is 0 Å². The molecule has 2 aromatic carbocycles. The zero-order valence-electron chi connectivity index (χ0n) is 18.6. The molecule has 1 saturated heterocycles. The number of carbonyl (C=O) groups excluding carboxylic acids is 1. The van der Waals surface area contributed by atoms with Crippen molar-refractivity contribution in [2.45, 2.75) is 18.9 Å². The number of nitrogens with one attached hydrogen (secondary N) is 1. The topological polar surface area (TPSA) is 69.3 Å².